The first-order chi connectivity index (χ1) is 14.1. The molecule has 0 radical (unpaired) electrons. The molecule has 0 amide bonds. The van der Waals surface area contributed by atoms with Crippen molar-refractivity contribution in [1.29, 1.82) is 0 Å². The van der Waals surface area contributed by atoms with Crippen LogP contribution < -0.4 is 0 Å². The molecule has 0 fully saturated rings. The number of imidazole rings is 1. The molecular weight excluding hydrogens is 374 g/mol. The van der Waals surface area contributed by atoms with Crippen molar-refractivity contribution in [3.63, 3.8) is 0 Å². The lowest BCUT2D eigenvalue weighted by Crippen LogP contribution is -2.05. The standard InChI is InChI=1S/C21H24N2O2.HNO3/c1-2-3-13-24-14-15-25-21(16-23-12-11-22-17-23)20-10-6-8-18-7-4-5-9-19(18)20;2-1(3)4/h4-12,16-17H,2-3,13-15H2,1H3;(H,2,3,4). The third-order valence-electron chi connectivity index (χ3n) is 3.97. The van der Waals surface area contributed by atoms with Crippen LogP contribution >= 0.6 is 0 Å². The van der Waals surface area contributed by atoms with Gasteiger partial charge in [0.05, 0.1) is 19.1 Å². The molecule has 0 saturated heterocycles. The van der Waals surface area contributed by atoms with Crippen molar-refractivity contribution in [3.8, 4) is 0 Å². The van der Waals surface area contributed by atoms with Crippen LogP contribution in [0.3, 0.4) is 0 Å². The summed E-state index contributed by atoms with van der Waals surface area (Å²) in [6, 6.07) is 14.6. The van der Waals surface area contributed by atoms with E-state index in [1.54, 1.807) is 12.5 Å². The van der Waals surface area contributed by atoms with Crippen LogP contribution in [0.5, 0.6) is 0 Å². The summed E-state index contributed by atoms with van der Waals surface area (Å²) >= 11 is 0. The minimum atomic E-state index is -1.50. The summed E-state index contributed by atoms with van der Waals surface area (Å²) in [6.07, 6.45) is 9.59. The summed E-state index contributed by atoms with van der Waals surface area (Å²) < 4.78 is 13.6. The van der Waals surface area contributed by atoms with E-state index in [1.807, 2.05) is 23.0 Å². The van der Waals surface area contributed by atoms with E-state index in [-0.39, 0.29) is 0 Å². The van der Waals surface area contributed by atoms with Gasteiger partial charge >= 0.3 is 0 Å². The Morgan fingerprint density at radius 2 is 1.97 bits per heavy atom. The number of hydrogen-bond acceptors (Lipinski definition) is 5. The maximum absolute atomic E-state index is 8.36. The summed E-state index contributed by atoms with van der Waals surface area (Å²) in [4.78, 5) is 12.5. The van der Waals surface area contributed by atoms with Crippen molar-refractivity contribution in [1.82, 2.24) is 9.55 Å². The first-order valence-corrected chi connectivity index (χ1v) is 9.33. The number of aromatic nitrogens is 2. The first kappa shape index (κ1) is 21.9. The zero-order valence-electron chi connectivity index (χ0n) is 16.3. The molecular formula is C21H25N3O5. The molecule has 29 heavy (non-hydrogen) atoms. The molecule has 0 spiro atoms. The van der Waals surface area contributed by atoms with Crippen molar-refractivity contribution in [2.45, 2.75) is 19.8 Å². The molecule has 154 valence electrons. The molecule has 8 nitrogen and oxygen atoms in total. The Balaban J connectivity index is 0.000000687. The van der Waals surface area contributed by atoms with Gasteiger partial charge in [-0.1, -0.05) is 55.8 Å². The van der Waals surface area contributed by atoms with Crippen molar-refractivity contribution in [2.75, 3.05) is 19.8 Å². The molecule has 0 atom stereocenters. The third-order valence-corrected chi connectivity index (χ3v) is 3.97. The molecule has 0 aliphatic carbocycles. The van der Waals surface area contributed by atoms with E-state index < -0.39 is 5.09 Å². The van der Waals surface area contributed by atoms with Gasteiger partial charge in [0.1, 0.15) is 12.4 Å². The highest BCUT2D eigenvalue weighted by molar-refractivity contribution is 5.94. The third kappa shape index (κ3) is 7.63. The Morgan fingerprint density at radius 3 is 2.69 bits per heavy atom. The second kappa shape index (κ2) is 12.1. The molecule has 0 bridgehead atoms. The maximum Gasteiger partial charge on any atom is 0.291 e. The monoisotopic (exact) mass is 399 g/mol. The van der Waals surface area contributed by atoms with E-state index in [1.165, 1.54) is 10.8 Å². The number of rotatable bonds is 9. The van der Waals surface area contributed by atoms with E-state index in [0.29, 0.717) is 13.2 Å². The highest BCUT2D eigenvalue weighted by Crippen LogP contribution is 2.26. The summed E-state index contributed by atoms with van der Waals surface area (Å²) in [6.45, 7) is 4.06. The van der Waals surface area contributed by atoms with Crippen molar-refractivity contribution >= 4 is 22.7 Å². The number of ether oxygens (including phenoxy) is 2. The highest BCUT2D eigenvalue weighted by atomic mass is 16.9. The molecule has 0 aliphatic rings. The second-order valence-corrected chi connectivity index (χ2v) is 6.08. The fourth-order valence-corrected chi connectivity index (χ4v) is 2.67. The molecule has 0 aliphatic heterocycles. The van der Waals surface area contributed by atoms with Crippen LogP contribution in [0, 0.1) is 10.1 Å². The van der Waals surface area contributed by atoms with Crippen LogP contribution in [0.2, 0.25) is 0 Å². The van der Waals surface area contributed by atoms with Gasteiger partial charge in [-0.2, -0.15) is 0 Å². The topological polar surface area (TPSA) is 99.7 Å². The van der Waals surface area contributed by atoms with Gasteiger partial charge in [-0.3, -0.25) is 0 Å². The first-order valence-electron chi connectivity index (χ1n) is 9.33. The Morgan fingerprint density at radius 1 is 1.21 bits per heavy atom. The molecule has 1 N–H and O–H groups in total. The largest absolute Gasteiger partial charge is 0.489 e. The highest BCUT2D eigenvalue weighted by Gasteiger charge is 2.08. The molecule has 2 aromatic carbocycles. The fraction of sp³-hybridized carbons (Fsp3) is 0.286. The number of benzene rings is 2. The molecule has 0 unspecified atom stereocenters. The van der Waals surface area contributed by atoms with Crippen LogP contribution in [0.4, 0.5) is 0 Å². The number of hydrogen-bond donors (Lipinski definition) is 1. The zero-order chi connectivity index (χ0) is 20.9. The van der Waals surface area contributed by atoms with Gasteiger partial charge in [0.15, 0.2) is 0 Å². The average molecular weight is 399 g/mol. The number of fused-ring (bicyclic) bond motifs is 1. The van der Waals surface area contributed by atoms with Crippen LogP contribution in [-0.2, 0) is 9.47 Å². The van der Waals surface area contributed by atoms with Gasteiger partial charge in [0, 0.05) is 24.6 Å². The molecule has 8 heteroatoms. The number of nitrogens with zero attached hydrogens (tertiary/aromatic N) is 3. The van der Waals surface area contributed by atoms with Gasteiger partial charge < -0.3 is 19.2 Å². The lowest BCUT2D eigenvalue weighted by Gasteiger charge is -2.14. The Bertz CT molecular complexity index is 900. The Kier molecular flexibility index (Phi) is 9.17. The summed E-state index contributed by atoms with van der Waals surface area (Å²) in [5, 5.41) is 16.0. The van der Waals surface area contributed by atoms with Gasteiger partial charge in [-0.25, -0.2) is 4.98 Å². The van der Waals surface area contributed by atoms with Gasteiger partial charge in [-0.15, -0.1) is 10.1 Å². The van der Waals surface area contributed by atoms with Crippen molar-refractivity contribution < 1.29 is 19.8 Å². The van der Waals surface area contributed by atoms with Crippen molar-refractivity contribution in [3.05, 3.63) is 76.9 Å². The maximum atomic E-state index is 8.36. The van der Waals surface area contributed by atoms with Crippen LogP contribution in [0.1, 0.15) is 25.3 Å². The molecule has 3 aromatic rings. The van der Waals surface area contributed by atoms with Crippen LogP contribution in [0.25, 0.3) is 22.7 Å². The van der Waals surface area contributed by atoms with Gasteiger partial charge in [0.25, 0.3) is 5.09 Å². The van der Waals surface area contributed by atoms with Crippen LogP contribution in [-0.4, -0.2) is 39.7 Å². The zero-order valence-corrected chi connectivity index (χ0v) is 16.3. The molecule has 1 heterocycles. The van der Waals surface area contributed by atoms with E-state index >= 15 is 0 Å². The normalized spacial score (nSPS) is 11.0. The average Bonchev–Trinajstić information content (AvgIpc) is 3.22. The Hall–Kier alpha value is -3.39. The van der Waals surface area contributed by atoms with Gasteiger partial charge in [0.2, 0.25) is 0 Å². The Labute approximate surface area is 169 Å². The predicted molar refractivity (Wildman–Crippen MR) is 111 cm³/mol. The quantitative estimate of drug-likeness (QED) is 0.246. The molecule has 0 saturated carbocycles. The minimum Gasteiger partial charge on any atom is -0.489 e. The lowest BCUT2D eigenvalue weighted by molar-refractivity contribution is -0.742. The summed E-state index contributed by atoms with van der Waals surface area (Å²) in [5.41, 5.74) is 1.07. The van der Waals surface area contributed by atoms with E-state index in [4.69, 9.17) is 24.8 Å². The summed E-state index contributed by atoms with van der Waals surface area (Å²) in [7, 11) is 0. The summed E-state index contributed by atoms with van der Waals surface area (Å²) in [5.74, 6) is 0.814. The smallest absolute Gasteiger partial charge is 0.291 e. The molecule has 3 rings (SSSR count). The number of unbranched alkanes of at least 4 members (excludes halogenated alkanes) is 1. The second-order valence-electron chi connectivity index (χ2n) is 6.08. The minimum absolute atomic E-state index is 0.521. The predicted octanol–water partition coefficient (Wildman–Crippen LogP) is 4.48. The fourth-order valence-electron chi connectivity index (χ4n) is 2.67. The van der Waals surface area contributed by atoms with E-state index in [2.05, 4.69) is 48.3 Å². The van der Waals surface area contributed by atoms with Gasteiger partial charge in [-0.05, 0) is 17.2 Å². The SMILES string of the molecule is CCCCOCCOC(=Cn1ccnc1)c1cccc2ccccc12.O=[N+]([O-])O. The van der Waals surface area contributed by atoms with E-state index in [0.717, 1.165) is 30.8 Å². The van der Waals surface area contributed by atoms with E-state index in [9.17, 15) is 0 Å². The van der Waals surface area contributed by atoms with Crippen molar-refractivity contribution in [2.24, 2.45) is 0 Å². The van der Waals surface area contributed by atoms with Crippen LogP contribution in [0.15, 0.2) is 61.2 Å². The lowest BCUT2D eigenvalue weighted by atomic mass is 10.0. The molecule has 1 aromatic heterocycles.